The fraction of sp³-hybridized carbons (Fsp3) is 0.438. The number of aromatic hydroxyl groups is 1. The Bertz CT molecular complexity index is 1660. The van der Waals surface area contributed by atoms with Gasteiger partial charge in [-0.1, -0.05) is 29.5 Å². The van der Waals surface area contributed by atoms with Crippen molar-refractivity contribution in [3.8, 4) is 11.5 Å². The summed E-state index contributed by atoms with van der Waals surface area (Å²) in [6.07, 6.45) is 0.961. The van der Waals surface area contributed by atoms with Gasteiger partial charge in [-0.3, -0.25) is 14.5 Å². The molecule has 0 unspecified atom stereocenters. The number of phenols is 1. The summed E-state index contributed by atoms with van der Waals surface area (Å²) in [5, 5.41) is 23.8. The van der Waals surface area contributed by atoms with E-state index in [0.717, 1.165) is 59.3 Å². The standard InChI is InChI=1S/C32H38N4O6S2/c1-21-5-8-27(43-21)30(39)36-14-16-42-32(20-36)9-12-35(13-10-32)19-22-3-2-4-23(17-22)41-15-11-33-18-26(38)24-6-7-25(37)28-29(24)44-31(40)34-28/h2-8,17,26,33,37-38H,9-16,18-20H2,1H3,(H,34,40)/t26-/m0/s1. The number of aromatic amines is 1. The van der Waals surface area contributed by atoms with Gasteiger partial charge >= 0.3 is 4.87 Å². The lowest BCUT2D eigenvalue weighted by Crippen LogP contribution is -2.57. The summed E-state index contributed by atoms with van der Waals surface area (Å²) >= 11 is 2.53. The first-order valence-electron chi connectivity index (χ1n) is 15.0. The van der Waals surface area contributed by atoms with E-state index in [4.69, 9.17) is 9.47 Å². The van der Waals surface area contributed by atoms with Gasteiger partial charge in [0.1, 0.15) is 23.6 Å². The lowest BCUT2D eigenvalue weighted by Gasteiger charge is -2.47. The number of aryl methyl sites for hydroxylation is 1. The minimum atomic E-state index is -0.829. The Morgan fingerprint density at radius 3 is 2.80 bits per heavy atom. The number of thiazole rings is 1. The van der Waals surface area contributed by atoms with E-state index < -0.39 is 6.10 Å². The zero-order valence-corrected chi connectivity index (χ0v) is 26.3. The van der Waals surface area contributed by atoms with Crippen LogP contribution in [0.5, 0.6) is 11.5 Å². The molecule has 44 heavy (non-hydrogen) atoms. The normalized spacial score (nSPS) is 17.7. The summed E-state index contributed by atoms with van der Waals surface area (Å²) in [5.74, 6) is 0.903. The molecule has 6 rings (SSSR count). The molecule has 1 amide bonds. The van der Waals surface area contributed by atoms with Crippen LogP contribution in [0.3, 0.4) is 0 Å². The van der Waals surface area contributed by atoms with Crippen molar-refractivity contribution in [1.82, 2.24) is 20.1 Å². The molecule has 2 aliphatic heterocycles. The Labute approximate surface area is 263 Å². The average molecular weight is 639 g/mol. The summed E-state index contributed by atoms with van der Waals surface area (Å²) in [6.45, 7) is 7.79. The fourth-order valence-electron chi connectivity index (χ4n) is 6.03. The number of likely N-dealkylation sites (tertiary alicyclic amines) is 1. The molecule has 4 N–H and O–H groups in total. The SMILES string of the molecule is Cc1ccc(C(=O)N2CCOC3(CCN(Cc4cccc(OCCNC[C@H](O)c5ccc(O)c6[nH]c(=O)sc56)c4)CC3)C2)s1. The van der Waals surface area contributed by atoms with E-state index in [1.54, 1.807) is 17.4 Å². The molecule has 12 heteroatoms. The number of fused-ring (bicyclic) bond motifs is 1. The molecule has 0 radical (unpaired) electrons. The maximum Gasteiger partial charge on any atom is 0.305 e. The lowest BCUT2D eigenvalue weighted by molar-refractivity contribution is -0.127. The quantitative estimate of drug-likeness (QED) is 0.193. The van der Waals surface area contributed by atoms with Gasteiger partial charge in [0, 0.05) is 49.7 Å². The molecule has 4 aromatic rings. The minimum absolute atomic E-state index is 0.00939. The van der Waals surface area contributed by atoms with Gasteiger partial charge in [0.15, 0.2) is 0 Å². The fourth-order valence-corrected chi connectivity index (χ4v) is 7.78. The third-order valence-corrected chi connectivity index (χ3v) is 10.3. The highest BCUT2D eigenvalue weighted by molar-refractivity contribution is 7.16. The van der Waals surface area contributed by atoms with Crippen LogP contribution in [-0.4, -0.2) is 89.0 Å². The van der Waals surface area contributed by atoms with Crippen molar-refractivity contribution in [2.45, 2.75) is 38.0 Å². The largest absolute Gasteiger partial charge is 0.506 e. The smallest absolute Gasteiger partial charge is 0.305 e. The Kier molecular flexibility index (Phi) is 9.36. The van der Waals surface area contributed by atoms with Crippen molar-refractivity contribution in [3.05, 3.63) is 79.1 Å². The lowest BCUT2D eigenvalue weighted by atomic mass is 9.89. The van der Waals surface area contributed by atoms with Crippen molar-refractivity contribution >= 4 is 38.8 Å². The number of aliphatic hydroxyl groups is 1. The number of hydrogen-bond donors (Lipinski definition) is 4. The van der Waals surface area contributed by atoms with Gasteiger partial charge in [-0.2, -0.15) is 0 Å². The third-order valence-electron chi connectivity index (χ3n) is 8.39. The van der Waals surface area contributed by atoms with Crippen LogP contribution in [0.4, 0.5) is 0 Å². The summed E-state index contributed by atoms with van der Waals surface area (Å²) in [7, 11) is 0. The number of H-pyrrole nitrogens is 1. The Morgan fingerprint density at radius 1 is 1.16 bits per heavy atom. The molecule has 1 atom stereocenters. The van der Waals surface area contributed by atoms with Gasteiger partial charge in [-0.05, 0) is 55.7 Å². The van der Waals surface area contributed by atoms with Crippen LogP contribution in [0.2, 0.25) is 0 Å². The summed E-state index contributed by atoms with van der Waals surface area (Å²) in [4.78, 5) is 33.5. The Hall–Kier alpha value is -3.26. The molecule has 2 saturated heterocycles. The highest BCUT2D eigenvalue weighted by Crippen LogP contribution is 2.33. The molecule has 2 aliphatic rings. The molecule has 2 aromatic heterocycles. The first-order valence-corrected chi connectivity index (χ1v) is 16.6. The molecule has 0 bridgehead atoms. The number of piperidine rings is 1. The van der Waals surface area contributed by atoms with Gasteiger partial charge < -0.3 is 34.9 Å². The summed E-state index contributed by atoms with van der Waals surface area (Å²) in [5.41, 5.74) is 1.87. The molecule has 2 aromatic carbocycles. The molecular formula is C32H38N4O6S2. The van der Waals surface area contributed by atoms with Crippen molar-refractivity contribution in [3.63, 3.8) is 0 Å². The number of benzene rings is 2. The monoisotopic (exact) mass is 638 g/mol. The van der Waals surface area contributed by atoms with Crippen molar-refractivity contribution in [2.24, 2.45) is 0 Å². The van der Waals surface area contributed by atoms with Crippen LogP contribution < -0.4 is 14.9 Å². The zero-order valence-electron chi connectivity index (χ0n) is 24.7. The predicted octanol–water partition coefficient (Wildman–Crippen LogP) is 3.87. The minimum Gasteiger partial charge on any atom is -0.506 e. The molecular weight excluding hydrogens is 601 g/mol. The van der Waals surface area contributed by atoms with Crippen LogP contribution in [0.25, 0.3) is 10.2 Å². The highest BCUT2D eigenvalue weighted by Gasteiger charge is 2.41. The predicted molar refractivity (Wildman–Crippen MR) is 172 cm³/mol. The van der Waals surface area contributed by atoms with Crippen LogP contribution in [0.1, 0.15) is 44.6 Å². The second-order valence-corrected chi connectivity index (χ2v) is 13.8. The Morgan fingerprint density at radius 2 is 2.00 bits per heavy atom. The zero-order chi connectivity index (χ0) is 30.7. The summed E-state index contributed by atoms with van der Waals surface area (Å²) in [6, 6.07) is 15.2. The molecule has 10 nitrogen and oxygen atoms in total. The molecule has 0 saturated carbocycles. The number of amides is 1. The Balaban J connectivity index is 0.941. The first-order chi connectivity index (χ1) is 21.3. The van der Waals surface area contributed by atoms with Gasteiger partial charge in [0.25, 0.3) is 5.91 Å². The van der Waals surface area contributed by atoms with Crippen LogP contribution >= 0.6 is 22.7 Å². The maximum absolute atomic E-state index is 13.1. The van der Waals surface area contributed by atoms with E-state index in [9.17, 15) is 19.8 Å². The third kappa shape index (κ3) is 7.01. The second-order valence-electron chi connectivity index (χ2n) is 11.6. The van der Waals surface area contributed by atoms with Crippen molar-refractivity contribution in [1.29, 1.82) is 0 Å². The number of nitrogens with zero attached hydrogens (tertiary/aromatic N) is 2. The number of thiophene rings is 1. The number of aliphatic hydroxyl groups excluding tert-OH is 1. The highest BCUT2D eigenvalue weighted by atomic mass is 32.1. The number of ether oxygens (including phenoxy) is 2. The van der Waals surface area contributed by atoms with E-state index in [1.807, 2.05) is 36.1 Å². The first kappa shape index (κ1) is 30.8. The number of rotatable bonds is 10. The van der Waals surface area contributed by atoms with Crippen LogP contribution in [0.15, 0.2) is 53.3 Å². The number of phenolic OH excluding ortho intramolecular Hbond substituents is 1. The van der Waals surface area contributed by atoms with Crippen LogP contribution in [0, 0.1) is 6.92 Å². The number of nitrogens with one attached hydrogen (secondary N) is 2. The van der Waals surface area contributed by atoms with E-state index in [1.165, 1.54) is 11.6 Å². The summed E-state index contributed by atoms with van der Waals surface area (Å²) < 4.78 is 12.8. The second kappa shape index (κ2) is 13.4. The van der Waals surface area contributed by atoms with Gasteiger partial charge in [0.05, 0.1) is 34.4 Å². The van der Waals surface area contributed by atoms with E-state index in [-0.39, 0.29) is 28.7 Å². The number of morpholine rings is 1. The van der Waals surface area contributed by atoms with Gasteiger partial charge in [-0.25, -0.2) is 0 Å². The molecule has 0 aliphatic carbocycles. The van der Waals surface area contributed by atoms with Gasteiger partial charge in [-0.15, -0.1) is 11.3 Å². The number of carbonyl (C=O) groups is 1. The molecule has 2 fully saturated rings. The van der Waals surface area contributed by atoms with Crippen LogP contribution in [-0.2, 0) is 11.3 Å². The topological polar surface area (TPSA) is 127 Å². The molecule has 1 spiro atoms. The average Bonchev–Trinajstić information content (AvgIpc) is 3.64. The van der Waals surface area contributed by atoms with Gasteiger partial charge in [0.2, 0.25) is 0 Å². The van der Waals surface area contributed by atoms with E-state index in [2.05, 4.69) is 27.3 Å². The number of aromatic nitrogens is 1. The number of hydrogen-bond acceptors (Lipinski definition) is 10. The molecule has 4 heterocycles. The van der Waals surface area contributed by atoms with E-state index >= 15 is 0 Å². The van der Waals surface area contributed by atoms with E-state index in [0.29, 0.717) is 48.6 Å². The maximum atomic E-state index is 13.1. The molecule has 234 valence electrons. The number of carbonyl (C=O) groups excluding carboxylic acids is 1. The van der Waals surface area contributed by atoms with Crippen molar-refractivity contribution in [2.75, 3.05) is 52.5 Å². The van der Waals surface area contributed by atoms with Crippen molar-refractivity contribution < 1.29 is 24.5 Å².